The highest BCUT2D eigenvalue weighted by atomic mass is 16.5. The lowest BCUT2D eigenvalue weighted by atomic mass is 9.90. The number of rotatable bonds is 4. The van der Waals surface area contributed by atoms with Crippen LogP contribution in [0, 0.1) is 0 Å². The molecular formula is C16H24N2O2. The number of carbonyl (C=O) groups excluding carboxylic acids is 1. The van der Waals surface area contributed by atoms with E-state index in [4.69, 9.17) is 10.5 Å². The number of para-hydroxylation sites is 1. The van der Waals surface area contributed by atoms with Crippen molar-refractivity contribution in [1.29, 1.82) is 0 Å². The van der Waals surface area contributed by atoms with Gasteiger partial charge in [0.15, 0.2) is 0 Å². The normalized spacial score (nSPS) is 14.9. The zero-order chi connectivity index (χ0) is 14.8. The number of methoxy groups -OCH3 is 1. The number of anilines is 1. The fourth-order valence-corrected chi connectivity index (χ4v) is 2.80. The summed E-state index contributed by atoms with van der Waals surface area (Å²) in [5.41, 5.74) is 7.58. The van der Waals surface area contributed by atoms with Crippen LogP contribution < -0.4 is 15.4 Å². The number of hydrogen-bond donors (Lipinski definition) is 1. The molecule has 2 rings (SSSR count). The van der Waals surface area contributed by atoms with Gasteiger partial charge in [-0.25, -0.2) is 0 Å². The van der Waals surface area contributed by atoms with E-state index < -0.39 is 5.54 Å². The molecule has 0 spiro atoms. The Balaban J connectivity index is 2.44. The summed E-state index contributed by atoms with van der Waals surface area (Å²) in [5.74, 6) is 0.762. The number of nitrogens with two attached hydrogens (primary N) is 1. The van der Waals surface area contributed by atoms with E-state index in [0.717, 1.165) is 24.3 Å². The number of carbonyl (C=O) groups is 1. The molecule has 1 heterocycles. The zero-order valence-corrected chi connectivity index (χ0v) is 12.6. The third-order valence-corrected chi connectivity index (χ3v) is 4.33. The molecule has 0 aromatic heterocycles. The molecule has 0 aliphatic carbocycles. The molecule has 4 heteroatoms. The van der Waals surface area contributed by atoms with E-state index >= 15 is 0 Å². The van der Waals surface area contributed by atoms with Crippen LogP contribution in [0.1, 0.15) is 38.7 Å². The van der Waals surface area contributed by atoms with Gasteiger partial charge in [0.05, 0.1) is 18.3 Å². The van der Waals surface area contributed by atoms with E-state index in [9.17, 15) is 4.79 Å². The number of fused-ring (bicyclic) bond motifs is 1. The summed E-state index contributed by atoms with van der Waals surface area (Å²) in [6, 6.07) is 5.94. The van der Waals surface area contributed by atoms with Crippen LogP contribution >= 0.6 is 0 Å². The van der Waals surface area contributed by atoms with Gasteiger partial charge in [-0.3, -0.25) is 4.79 Å². The molecule has 1 aliphatic heterocycles. The second-order valence-electron chi connectivity index (χ2n) is 5.39. The maximum absolute atomic E-state index is 12.9. The van der Waals surface area contributed by atoms with Crippen molar-refractivity contribution in [3.05, 3.63) is 23.8 Å². The minimum absolute atomic E-state index is 0.00736. The zero-order valence-electron chi connectivity index (χ0n) is 12.6. The van der Waals surface area contributed by atoms with Crippen LogP contribution in [0.25, 0.3) is 0 Å². The summed E-state index contributed by atoms with van der Waals surface area (Å²) in [4.78, 5) is 14.7. The Morgan fingerprint density at radius 1 is 1.40 bits per heavy atom. The number of hydrogen-bond acceptors (Lipinski definition) is 3. The molecule has 0 bridgehead atoms. The SMILES string of the molecule is CCC(N)(CC)C(=O)N1CCCc2cccc(OC)c21. The molecule has 0 atom stereocenters. The summed E-state index contributed by atoms with van der Waals surface area (Å²) in [6.07, 6.45) is 3.23. The van der Waals surface area contributed by atoms with Gasteiger partial charge in [0.1, 0.15) is 5.75 Å². The number of benzene rings is 1. The molecule has 1 aromatic carbocycles. The van der Waals surface area contributed by atoms with Gasteiger partial charge < -0.3 is 15.4 Å². The quantitative estimate of drug-likeness (QED) is 0.919. The van der Waals surface area contributed by atoms with Crippen LogP contribution in [-0.2, 0) is 11.2 Å². The summed E-state index contributed by atoms with van der Waals surface area (Å²) < 4.78 is 5.44. The van der Waals surface area contributed by atoms with E-state index in [-0.39, 0.29) is 5.91 Å². The van der Waals surface area contributed by atoms with Gasteiger partial charge in [-0.05, 0) is 37.3 Å². The minimum atomic E-state index is -0.782. The van der Waals surface area contributed by atoms with Gasteiger partial charge in [-0.1, -0.05) is 26.0 Å². The highest BCUT2D eigenvalue weighted by Gasteiger charge is 2.37. The van der Waals surface area contributed by atoms with Gasteiger partial charge in [0, 0.05) is 6.54 Å². The van der Waals surface area contributed by atoms with Crippen LogP contribution in [0.3, 0.4) is 0 Å². The second-order valence-corrected chi connectivity index (χ2v) is 5.39. The molecule has 20 heavy (non-hydrogen) atoms. The largest absolute Gasteiger partial charge is 0.495 e. The average Bonchev–Trinajstić information content (AvgIpc) is 2.52. The molecule has 1 aromatic rings. The molecule has 1 aliphatic rings. The van der Waals surface area contributed by atoms with Crippen molar-refractivity contribution in [2.24, 2.45) is 5.73 Å². The predicted octanol–water partition coefficient (Wildman–Crippen LogP) is 2.49. The molecule has 1 amide bonds. The maximum Gasteiger partial charge on any atom is 0.247 e. The first-order valence-electron chi connectivity index (χ1n) is 7.34. The van der Waals surface area contributed by atoms with E-state index in [1.807, 2.05) is 30.9 Å². The number of amides is 1. The van der Waals surface area contributed by atoms with E-state index in [1.54, 1.807) is 7.11 Å². The number of aryl methyl sites for hydroxylation is 1. The maximum atomic E-state index is 12.9. The Bertz CT molecular complexity index is 481. The van der Waals surface area contributed by atoms with E-state index in [2.05, 4.69) is 6.07 Å². The van der Waals surface area contributed by atoms with Crippen LogP contribution in [0.15, 0.2) is 18.2 Å². The van der Waals surface area contributed by atoms with Crippen molar-refractivity contribution in [2.75, 3.05) is 18.6 Å². The van der Waals surface area contributed by atoms with Gasteiger partial charge in [0.2, 0.25) is 5.91 Å². The molecule has 2 N–H and O–H groups in total. The van der Waals surface area contributed by atoms with Crippen LogP contribution in [0.5, 0.6) is 5.75 Å². The molecule has 0 fully saturated rings. The van der Waals surface area contributed by atoms with Gasteiger partial charge >= 0.3 is 0 Å². The van der Waals surface area contributed by atoms with Crippen LogP contribution in [-0.4, -0.2) is 25.1 Å². The number of ether oxygens (including phenoxy) is 1. The third-order valence-electron chi connectivity index (χ3n) is 4.33. The Morgan fingerprint density at radius 2 is 2.10 bits per heavy atom. The first kappa shape index (κ1) is 14.9. The van der Waals surface area contributed by atoms with Gasteiger partial charge in [-0.15, -0.1) is 0 Å². The fraction of sp³-hybridized carbons (Fsp3) is 0.562. The lowest BCUT2D eigenvalue weighted by Gasteiger charge is -2.37. The lowest BCUT2D eigenvalue weighted by Crippen LogP contribution is -2.56. The van der Waals surface area contributed by atoms with Crippen LogP contribution in [0.4, 0.5) is 5.69 Å². The second kappa shape index (κ2) is 5.83. The first-order chi connectivity index (χ1) is 9.57. The molecule has 110 valence electrons. The van der Waals surface area contributed by atoms with Crippen molar-refractivity contribution < 1.29 is 9.53 Å². The molecular weight excluding hydrogens is 252 g/mol. The van der Waals surface area contributed by atoms with Crippen molar-refractivity contribution in [3.63, 3.8) is 0 Å². The molecule has 4 nitrogen and oxygen atoms in total. The minimum Gasteiger partial charge on any atom is -0.495 e. The summed E-state index contributed by atoms with van der Waals surface area (Å²) in [6.45, 7) is 4.65. The summed E-state index contributed by atoms with van der Waals surface area (Å²) in [7, 11) is 1.64. The molecule has 0 saturated heterocycles. The Kier molecular flexibility index (Phi) is 4.33. The van der Waals surface area contributed by atoms with Crippen LogP contribution in [0.2, 0.25) is 0 Å². The summed E-state index contributed by atoms with van der Waals surface area (Å²) >= 11 is 0. The lowest BCUT2D eigenvalue weighted by molar-refractivity contribution is -0.124. The highest BCUT2D eigenvalue weighted by molar-refractivity contribution is 6.02. The Hall–Kier alpha value is -1.55. The number of nitrogens with zero attached hydrogens (tertiary/aromatic N) is 1. The van der Waals surface area contributed by atoms with E-state index in [0.29, 0.717) is 19.4 Å². The van der Waals surface area contributed by atoms with Crippen molar-refractivity contribution in [2.45, 2.75) is 45.1 Å². The topological polar surface area (TPSA) is 55.6 Å². The summed E-state index contributed by atoms with van der Waals surface area (Å²) in [5, 5.41) is 0. The van der Waals surface area contributed by atoms with Crippen molar-refractivity contribution in [3.8, 4) is 5.75 Å². The first-order valence-corrected chi connectivity index (χ1v) is 7.34. The standard InChI is InChI=1S/C16H24N2O2/c1-4-16(17,5-2)15(19)18-11-7-9-12-8-6-10-13(20-3)14(12)18/h6,8,10H,4-5,7,9,11,17H2,1-3H3. The van der Waals surface area contributed by atoms with Gasteiger partial charge in [0.25, 0.3) is 0 Å². The van der Waals surface area contributed by atoms with Crippen molar-refractivity contribution in [1.82, 2.24) is 0 Å². The van der Waals surface area contributed by atoms with Gasteiger partial charge in [-0.2, -0.15) is 0 Å². The molecule has 0 saturated carbocycles. The monoisotopic (exact) mass is 276 g/mol. The Morgan fingerprint density at radius 3 is 2.70 bits per heavy atom. The predicted molar refractivity (Wildman–Crippen MR) is 81.2 cm³/mol. The smallest absolute Gasteiger partial charge is 0.247 e. The third kappa shape index (κ3) is 2.40. The average molecular weight is 276 g/mol. The fourth-order valence-electron chi connectivity index (χ4n) is 2.80. The van der Waals surface area contributed by atoms with E-state index in [1.165, 1.54) is 5.56 Å². The molecule has 0 radical (unpaired) electrons. The van der Waals surface area contributed by atoms with Crippen molar-refractivity contribution >= 4 is 11.6 Å². The highest BCUT2D eigenvalue weighted by Crippen LogP contribution is 2.37. The molecule has 0 unspecified atom stereocenters. The Labute approximate surface area is 120 Å².